The van der Waals surface area contributed by atoms with Gasteiger partial charge in [-0.2, -0.15) is 0 Å². The number of rotatable bonds is 8. The fourth-order valence-electron chi connectivity index (χ4n) is 3.20. The van der Waals surface area contributed by atoms with Crippen molar-refractivity contribution in [1.82, 2.24) is 9.88 Å². The molecule has 1 fully saturated rings. The maximum absolute atomic E-state index is 13.2. The van der Waals surface area contributed by atoms with Crippen LogP contribution >= 0.6 is 11.3 Å². The smallest absolute Gasteiger partial charge is 0.254 e. The first kappa shape index (κ1) is 19.5. The summed E-state index contributed by atoms with van der Waals surface area (Å²) < 4.78 is 11.1. The lowest BCUT2D eigenvalue weighted by atomic mass is 10.1. The second-order valence-electron chi connectivity index (χ2n) is 7.19. The van der Waals surface area contributed by atoms with Gasteiger partial charge in [0, 0.05) is 23.5 Å². The van der Waals surface area contributed by atoms with Gasteiger partial charge in [0.05, 0.1) is 17.8 Å². The maximum atomic E-state index is 13.2. The fourth-order valence-corrected chi connectivity index (χ4v) is 3.79. The lowest BCUT2D eigenvalue weighted by Crippen LogP contribution is -2.32. The normalized spacial score (nSPS) is 13.2. The molecule has 1 aliphatic carbocycles. The van der Waals surface area contributed by atoms with E-state index < -0.39 is 0 Å². The molecule has 5 nitrogen and oxygen atoms in total. The van der Waals surface area contributed by atoms with Crippen molar-refractivity contribution in [2.45, 2.75) is 39.0 Å². The molecule has 0 aliphatic heterocycles. The van der Waals surface area contributed by atoms with Crippen molar-refractivity contribution in [2.75, 3.05) is 7.11 Å². The molecule has 1 aromatic heterocycles. The number of carbonyl (C=O) groups is 1. The van der Waals surface area contributed by atoms with Crippen LogP contribution in [-0.2, 0) is 13.2 Å². The summed E-state index contributed by atoms with van der Waals surface area (Å²) in [5.74, 6) is 1.54. The molecule has 4 rings (SSSR count). The molecule has 0 bridgehead atoms. The highest BCUT2D eigenvalue weighted by Gasteiger charge is 2.33. The summed E-state index contributed by atoms with van der Waals surface area (Å²) in [4.78, 5) is 19.6. The molecule has 0 saturated heterocycles. The fraction of sp³-hybridized carbons (Fsp3) is 0.304. The SMILES string of the molecule is COc1ccc(CN(C(=O)c2cccc(OCc3csc(C)n3)c2)C2CC2)cc1. The largest absolute Gasteiger partial charge is 0.497 e. The van der Waals surface area contributed by atoms with Crippen molar-refractivity contribution in [3.8, 4) is 11.5 Å². The molecule has 1 saturated carbocycles. The molecule has 1 aliphatic rings. The van der Waals surface area contributed by atoms with Crippen LogP contribution in [0.25, 0.3) is 0 Å². The van der Waals surface area contributed by atoms with E-state index in [1.807, 2.05) is 65.7 Å². The van der Waals surface area contributed by atoms with Crippen LogP contribution in [0.3, 0.4) is 0 Å². The van der Waals surface area contributed by atoms with Gasteiger partial charge >= 0.3 is 0 Å². The summed E-state index contributed by atoms with van der Waals surface area (Å²) in [5, 5.41) is 3.01. The number of hydrogen-bond donors (Lipinski definition) is 0. The van der Waals surface area contributed by atoms with Crippen LogP contribution < -0.4 is 9.47 Å². The van der Waals surface area contributed by atoms with E-state index in [9.17, 15) is 4.79 Å². The molecule has 0 spiro atoms. The molecule has 0 radical (unpaired) electrons. The van der Waals surface area contributed by atoms with E-state index in [0.717, 1.165) is 34.9 Å². The third-order valence-electron chi connectivity index (χ3n) is 4.89. The van der Waals surface area contributed by atoms with Crippen LogP contribution in [0.2, 0.25) is 0 Å². The minimum atomic E-state index is 0.0401. The van der Waals surface area contributed by atoms with E-state index in [1.165, 1.54) is 0 Å². The number of methoxy groups -OCH3 is 1. The Balaban J connectivity index is 1.45. The maximum Gasteiger partial charge on any atom is 0.254 e. The standard InChI is InChI=1S/C23H24N2O3S/c1-16-24-19(15-29-16)14-28-22-5-3-4-18(12-22)23(26)25(20-8-9-20)13-17-6-10-21(27-2)11-7-17/h3-7,10-12,15,20H,8-9,13-14H2,1-2H3. The number of aromatic nitrogens is 1. The van der Waals surface area contributed by atoms with Gasteiger partial charge in [-0.25, -0.2) is 4.98 Å². The molecular formula is C23H24N2O3S. The summed E-state index contributed by atoms with van der Waals surface area (Å²) in [5.41, 5.74) is 2.65. The predicted molar refractivity (Wildman–Crippen MR) is 114 cm³/mol. The average molecular weight is 409 g/mol. The second kappa shape index (κ2) is 8.66. The number of thiazole rings is 1. The van der Waals surface area contributed by atoms with Gasteiger partial charge in [-0.1, -0.05) is 18.2 Å². The highest BCUT2D eigenvalue weighted by atomic mass is 32.1. The van der Waals surface area contributed by atoms with Crippen LogP contribution in [0.5, 0.6) is 11.5 Å². The van der Waals surface area contributed by atoms with Crippen molar-refractivity contribution >= 4 is 17.2 Å². The lowest BCUT2D eigenvalue weighted by Gasteiger charge is -2.23. The van der Waals surface area contributed by atoms with Crippen LogP contribution in [0.15, 0.2) is 53.9 Å². The van der Waals surface area contributed by atoms with Gasteiger partial charge in [-0.05, 0) is 55.7 Å². The number of amides is 1. The van der Waals surface area contributed by atoms with Crippen LogP contribution in [0.4, 0.5) is 0 Å². The summed E-state index contributed by atoms with van der Waals surface area (Å²) in [6.07, 6.45) is 2.11. The first-order valence-electron chi connectivity index (χ1n) is 9.70. The number of benzene rings is 2. The Bertz CT molecular complexity index is 980. The van der Waals surface area contributed by atoms with E-state index in [-0.39, 0.29) is 5.91 Å². The van der Waals surface area contributed by atoms with Crippen molar-refractivity contribution in [1.29, 1.82) is 0 Å². The van der Waals surface area contributed by atoms with Gasteiger partial charge in [0.2, 0.25) is 0 Å². The van der Waals surface area contributed by atoms with Gasteiger partial charge in [0.15, 0.2) is 0 Å². The van der Waals surface area contributed by atoms with Crippen LogP contribution in [0.1, 0.15) is 39.5 Å². The molecule has 1 amide bonds. The van der Waals surface area contributed by atoms with Crippen molar-refractivity contribution in [3.63, 3.8) is 0 Å². The zero-order valence-electron chi connectivity index (χ0n) is 16.6. The summed E-state index contributed by atoms with van der Waals surface area (Å²) >= 11 is 1.61. The number of carbonyl (C=O) groups excluding carboxylic acids is 1. The molecule has 0 atom stereocenters. The topological polar surface area (TPSA) is 51.7 Å². The number of hydrogen-bond acceptors (Lipinski definition) is 5. The summed E-state index contributed by atoms with van der Waals surface area (Å²) in [6, 6.07) is 15.6. The van der Waals surface area contributed by atoms with Gasteiger partial charge in [-0.15, -0.1) is 11.3 Å². The molecule has 3 aromatic rings. The first-order valence-corrected chi connectivity index (χ1v) is 10.6. The Labute approximate surface area is 174 Å². The molecular weight excluding hydrogens is 384 g/mol. The number of nitrogens with zero attached hydrogens (tertiary/aromatic N) is 2. The van der Waals surface area contributed by atoms with Crippen molar-refractivity contribution < 1.29 is 14.3 Å². The highest BCUT2D eigenvalue weighted by Crippen LogP contribution is 2.30. The molecule has 6 heteroatoms. The molecule has 1 heterocycles. The lowest BCUT2D eigenvalue weighted by molar-refractivity contribution is 0.0729. The number of ether oxygens (including phenoxy) is 2. The van der Waals surface area contributed by atoms with Crippen LogP contribution in [-0.4, -0.2) is 28.9 Å². The van der Waals surface area contributed by atoms with Gasteiger partial charge in [-0.3, -0.25) is 4.79 Å². The molecule has 29 heavy (non-hydrogen) atoms. The zero-order valence-corrected chi connectivity index (χ0v) is 17.4. The third-order valence-corrected chi connectivity index (χ3v) is 5.72. The van der Waals surface area contributed by atoms with Gasteiger partial charge in [0.25, 0.3) is 5.91 Å². The molecule has 0 N–H and O–H groups in total. The van der Waals surface area contributed by atoms with E-state index in [0.29, 0.717) is 30.5 Å². The van der Waals surface area contributed by atoms with E-state index >= 15 is 0 Å². The number of aryl methyl sites for hydroxylation is 1. The van der Waals surface area contributed by atoms with E-state index in [2.05, 4.69) is 4.98 Å². The van der Waals surface area contributed by atoms with Gasteiger partial charge in [0.1, 0.15) is 18.1 Å². The second-order valence-corrected chi connectivity index (χ2v) is 8.25. The Morgan fingerprint density at radius 2 is 1.97 bits per heavy atom. The Hall–Kier alpha value is -2.86. The van der Waals surface area contributed by atoms with Crippen molar-refractivity contribution in [2.24, 2.45) is 0 Å². The monoisotopic (exact) mass is 408 g/mol. The highest BCUT2D eigenvalue weighted by molar-refractivity contribution is 7.09. The average Bonchev–Trinajstić information content (AvgIpc) is 3.51. The summed E-state index contributed by atoms with van der Waals surface area (Å²) in [7, 11) is 1.65. The minimum Gasteiger partial charge on any atom is -0.497 e. The summed E-state index contributed by atoms with van der Waals surface area (Å²) in [6.45, 7) is 2.97. The minimum absolute atomic E-state index is 0.0401. The predicted octanol–water partition coefficient (Wildman–Crippen LogP) is 4.84. The quantitative estimate of drug-likeness (QED) is 0.535. The van der Waals surface area contributed by atoms with Crippen LogP contribution in [0, 0.1) is 6.92 Å². The first-order chi connectivity index (χ1) is 14.1. The molecule has 2 aromatic carbocycles. The van der Waals surface area contributed by atoms with E-state index in [1.54, 1.807) is 18.4 Å². The zero-order chi connectivity index (χ0) is 20.2. The Morgan fingerprint density at radius 3 is 2.62 bits per heavy atom. The van der Waals surface area contributed by atoms with Crippen molar-refractivity contribution in [3.05, 3.63) is 75.7 Å². The molecule has 0 unspecified atom stereocenters. The van der Waals surface area contributed by atoms with Gasteiger partial charge < -0.3 is 14.4 Å². The Kier molecular flexibility index (Phi) is 5.81. The Morgan fingerprint density at radius 1 is 1.17 bits per heavy atom. The van der Waals surface area contributed by atoms with E-state index in [4.69, 9.17) is 9.47 Å². The third kappa shape index (κ3) is 4.95. The molecule has 150 valence electrons.